The Morgan fingerprint density at radius 3 is 2.51 bits per heavy atom. The molecule has 3 aromatic rings. The fraction of sp³-hybridized carbons (Fsp3) is 0.485. The Hall–Kier alpha value is -3.92. The Balaban J connectivity index is 0.00000121. The minimum atomic E-state index is -1.06. The van der Waals surface area contributed by atoms with E-state index in [1.807, 2.05) is 40.7 Å². The first-order valence-corrected chi connectivity index (χ1v) is 15.1. The molecule has 2 atom stereocenters. The van der Waals surface area contributed by atoms with Crippen molar-refractivity contribution in [2.75, 3.05) is 7.11 Å². The van der Waals surface area contributed by atoms with Crippen LogP contribution in [0.25, 0.3) is 22.3 Å². The molecule has 0 fully saturated rings. The number of carboxylic acid groups (broad SMARTS) is 1. The molecule has 232 valence electrons. The van der Waals surface area contributed by atoms with E-state index in [4.69, 9.17) is 14.8 Å². The second-order valence-electron chi connectivity index (χ2n) is 10.2. The van der Waals surface area contributed by atoms with E-state index in [0.29, 0.717) is 52.9 Å². The molecule has 0 saturated heterocycles. The van der Waals surface area contributed by atoms with Crippen LogP contribution in [-0.2, 0) is 38.7 Å². The zero-order valence-corrected chi connectivity index (χ0v) is 26.1. The van der Waals surface area contributed by atoms with Gasteiger partial charge in [-0.05, 0) is 54.5 Å². The largest absolute Gasteiger partial charge is 0.481 e. The number of nitrogens with zero attached hydrogens (tertiary/aromatic N) is 2. The van der Waals surface area contributed by atoms with Crippen LogP contribution < -0.4 is 10.9 Å². The minimum absolute atomic E-state index is 0.0498. The lowest BCUT2D eigenvalue weighted by Crippen LogP contribution is -2.32. The van der Waals surface area contributed by atoms with Crippen molar-refractivity contribution in [1.29, 1.82) is 0 Å². The van der Waals surface area contributed by atoms with Gasteiger partial charge >= 0.3 is 5.97 Å². The van der Waals surface area contributed by atoms with E-state index >= 15 is 0 Å². The maximum Gasteiger partial charge on any atom is 0.303 e. The molecule has 0 bridgehead atoms. The number of benzene rings is 1. The van der Waals surface area contributed by atoms with Crippen molar-refractivity contribution in [1.82, 2.24) is 14.9 Å². The SMILES string of the molecule is CC.CC.CCC(C=O)c1cc2n(c(=O)c1COC)Cc1c-2nc2cc(F)c(C)c3c2c1C(NC(=O)CCC(=O)O)CC3. The molecule has 0 spiro atoms. The minimum Gasteiger partial charge on any atom is -0.481 e. The number of carboxylic acids is 1. The molecular weight excluding hydrogens is 553 g/mol. The number of carbonyl (C=O) groups excluding carboxylic acids is 2. The predicted molar refractivity (Wildman–Crippen MR) is 164 cm³/mol. The van der Waals surface area contributed by atoms with E-state index in [9.17, 15) is 23.6 Å². The lowest BCUT2D eigenvalue weighted by Gasteiger charge is -2.29. The van der Waals surface area contributed by atoms with Gasteiger partial charge in [0.05, 0.1) is 42.5 Å². The number of pyridine rings is 2. The van der Waals surface area contributed by atoms with Crippen LogP contribution in [0.15, 0.2) is 16.9 Å². The molecule has 1 amide bonds. The highest BCUT2D eigenvalue weighted by Gasteiger charge is 2.35. The molecule has 43 heavy (non-hydrogen) atoms. The first-order chi connectivity index (χ1) is 20.7. The van der Waals surface area contributed by atoms with Gasteiger partial charge in [-0.15, -0.1) is 0 Å². The van der Waals surface area contributed by atoms with Gasteiger partial charge < -0.3 is 24.5 Å². The molecule has 2 N–H and O–H groups in total. The van der Waals surface area contributed by atoms with Crippen molar-refractivity contribution in [3.63, 3.8) is 0 Å². The van der Waals surface area contributed by atoms with Crippen molar-refractivity contribution in [3.8, 4) is 11.4 Å². The Labute approximate surface area is 251 Å². The number of fused-ring (bicyclic) bond motifs is 4. The van der Waals surface area contributed by atoms with Crippen LogP contribution >= 0.6 is 0 Å². The molecule has 1 aliphatic heterocycles. The summed E-state index contributed by atoms with van der Waals surface area (Å²) in [6.07, 6.45) is 1.89. The number of ether oxygens (including phenoxy) is 1. The van der Waals surface area contributed by atoms with Crippen LogP contribution in [0.4, 0.5) is 4.39 Å². The van der Waals surface area contributed by atoms with Crippen molar-refractivity contribution in [3.05, 3.63) is 61.7 Å². The van der Waals surface area contributed by atoms with Gasteiger partial charge in [0.15, 0.2) is 0 Å². The van der Waals surface area contributed by atoms with Crippen LogP contribution in [0.5, 0.6) is 0 Å². The Morgan fingerprint density at radius 2 is 1.91 bits per heavy atom. The van der Waals surface area contributed by atoms with E-state index in [2.05, 4.69) is 5.32 Å². The normalized spacial score (nSPS) is 14.8. The Bertz CT molecular complexity index is 1600. The summed E-state index contributed by atoms with van der Waals surface area (Å²) in [5.74, 6) is -2.32. The summed E-state index contributed by atoms with van der Waals surface area (Å²) in [5.41, 5.74) is 5.08. The van der Waals surface area contributed by atoms with Crippen LogP contribution in [0, 0.1) is 12.7 Å². The number of halogens is 1. The number of hydrogen-bond acceptors (Lipinski definition) is 6. The highest BCUT2D eigenvalue weighted by Crippen LogP contribution is 2.45. The second-order valence-corrected chi connectivity index (χ2v) is 10.2. The molecule has 9 nitrogen and oxygen atoms in total. The summed E-state index contributed by atoms with van der Waals surface area (Å²) in [6.45, 7) is 11.8. The van der Waals surface area contributed by atoms with E-state index in [0.717, 1.165) is 28.4 Å². The van der Waals surface area contributed by atoms with E-state index in [1.165, 1.54) is 13.2 Å². The van der Waals surface area contributed by atoms with Gasteiger partial charge in [0, 0.05) is 42.0 Å². The molecule has 2 aliphatic rings. The molecular formula is C33H42FN3O6. The van der Waals surface area contributed by atoms with Gasteiger partial charge in [-0.3, -0.25) is 14.4 Å². The lowest BCUT2D eigenvalue weighted by atomic mass is 9.81. The van der Waals surface area contributed by atoms with E-state index < -0.39 is 23.8 Å². The number of amides is 1. The summed E-state index contributed by atoms with van der Waals surface area (Å²) in [7, 11) is 1.49. The van der Waals surface area contributed by atoms with Crippen LogP contribution in [-0.4, -0.2) is 39.9 Å². The topological polar surface area (TPSA) is 128 Å². The molecule has 3 heterocycles. The third kappa shape index (κ3) is 6.25. The second kappa shape index (κ2) is 14.5. The number of aliphatic carboxylic acids is 1. The van der Waals surface area contributed by atoms with Crippen LogP contribution in [0.1, 0.15) is 106 Å². The maximum atomic E-state index is 15.0. The summed E-state index contributed by atoms with van der Waals surface area (Å²) in [4.78, 5) is 54.1. The quantitative estimate of drug-likeness (QED) is 0.237. The molecule has 10 heteroatoms. The first-order valence-electron chi connectivity index (χ1n) is 15.1. The number of carbonyl (C=O) groups is 3. The predicted octanol–water partition coefficient (Wildman–Crippen LogP) is 5.73. The zero-order valence-electron chi connectivity index (χ0n) is 26.1. The summed E-state index contributed by atoms with van der Waals surface area (Å²) < 4.78 is 21.9. The number of methoxy groups -OCH3 is 1. The molecule has 1 aromatic carbocycles. The van der Waals surface area contributed by atoms with Gasteiger partial charge in [0.25, 0.3) is 5.56 Å². The third-order valence-electron chi connectivity index (χ3n) is 7.96. The van der Waals surface area contributed by atoms with Crippen molar-refractivity contribution in [2.24, 2.45) is 0 Å². The molecule has 0 radical (unpaired) electrons. The maximum absolute atomic E-state index is 15.0. The molecule has 2 aromatic heterocycles. The number of aryl methyl sites for hydroxylation is 1. The van der Waals surface area contributed by atoms with Crippen LogP contribution in [0.2, 0.25) is 0 Å². The number of rotatable bonds is 9. The van der Waals surface area contributed by atoms with Crippen molar-refractivity contribution >= 4 is 29.1 Å². The smallest absolute Gasteiger partial charge is 0.303 e. The molecule has 2 unspecified atom stereocenters. The van der Waals surface area contributed by atoms with Gasteiger partial charge in [0.1, 0.15) is 12.1 Å². The number of aromatic nitrogens is 2. The Kier molecular flexibility index (Phi) is 11.3. The van der Waals surface area contributed by atoms with E-state index in [-0.39, 0.29) is 37.4 Å². The van der Waals surface area contributed by atoms with Gasteiger partial charge in [0.2, 0.25) is 5.91 Å². The van der Waals surface area contributed by atoms with Crippen molar-refractivity contribution < 1.29 is 28.6 Å². The molecule has 0 saturated carbocycles. The highest BCUT2D eigenvalue weighted by molar-refractivity contribution is 5.93. The van der Waals surface area contributed by atoms with Gasteiger partial charge in [-0.2, -0.15) is 0 Å². The number of hydrogen-bond donors (Lipinski definition) is 2. The standard InChI is InChI=1S/C29H30FN3O6.2C2H6/c1-4-15(12-34)17-9-23-28-18(11-33(23)29(38)19(17)13-39-3)27-21(31-24(35)7-8-25(36)37)6-5-16-14(2)20(30)10-22(32-28)26(16)27;2*1-2/h9-10,12,15,21H,4-8,11,13H2,1-3H3,(H,31,35)(H,36,37);2*1-2H3. The average Bonchev–Trinajstić information content (AvgIpc) is 3.38. The van der Waals surface area contributed by atoms with Gasteiger partial charge in [-0.1, -0.05) is 34.6 Å². The van der Waals surface area contributed by atoms with E-state index in [1.54, 1.807) is 11.5 Å². The monoisotopic (exact) mass is 595 g/mol. The fourth-order valence-corrected chi connectivity index (χ4v) is 6.00. The lowest BCUT2D eigenvalue weighted by molar-refractivity contribution is -0.139. The van der Waals surface area contributed by atoms with Crippen LogP contribution in [0.3, 0.4) is 0 Å². The summed E-state index contributed by atoms with van der Waals surface area (Å²) >= 11 is 0. The van der Waals surface area contributed by atoms with Gasteiger partial charge in [-0.25, -0.2) is 9.37 Å². The van der Waals surface area contributed by atoms with Crippen molar-refractivity contribution in [2.45, 2.75) is 98.8 Å². The summed E-state index contributed by atoms with van der Waals surface area (Å²) in [5, 5.41) is 12.7. The number of aldehydes is 1. The average molecular weight is 596 g/mol. The fourth-order valence-electron chi connectivity index (χ4n) is 6.00. The first kappa shape index (κ1) is 33.6. The highest BCUT2D eigenvalue weighted by atomic mass is 19.1. The summed E-state index contributed by atoms with van der Waals surface area (Å²) in [6, 6.07) is 2.74. The molecule has 5 rings (SSSR count). The third-order valence-corrected chi connectivity index (χ3v) is 7.96. The Morgan fingerprint density at radius 1 is 1.21 bits per heavy atom. The zero-order chi connectivity index (χ0) is 32.0. The number of nitrogens with one attached hydrogen (secondary N) is 1. The molecule has 1 aliphatic carbocycles.